The van der Waals surface area contributed by atoms with Crippen LogP contribution in [0.2, 0.25) is 0 Å². The third kappa shape index (κ3) is 4.99. The van der Waals surface area contributed by atoms with E-state index >= 15 is 0 Å². The quantitative estimate of drug-likeness (QED) is 0.297. The molecule has 0 amide bonds. The van der Waals surface area contributed by atoms with Crippen molar-refractivity contribution in [3.8, 4) is 11.5 Å². The summed E-state index contributed by atoms with van der Waals surface area (Å²) in [4.78, 5) is 26.1. The molecule has 0 radical (unpaired) electrons. The van der Waals surface area contributed by atoms with Crippen molar-refractivity contribution in [3.05, 3.63) is 53.1 Å². The van der Waals surface area contributed by atoms with Crippen LogP contribution in [0.25, 0.3) is 16.6 Å². The van der Waals surface area contributed by atoms with E-state index in [1.165, 1.54) is 6.42 Å². The molecule has 0 spiro atoms. The number of benzene rings is 2. The summed E-state index contributed by atoms with van der Waals surface area (Å²) in [6, 6.07) is 10.0. The summed E-state index contributed by atoms with van der Waals surface area (Å²) in [5.74, 6) is -0.383. The Morgan fingerprint density at radius 2 is 1.67 bits per heavy atom. The summed E-state index contributed by atoms with van der Waals surface area (Å²) in [5, 5.41) is 12.4. The molecule has 1 aliphatic carbocycles. The van der Waals surface area contributed by atoms with E-state index in [0.29, 0.717) is 40.1 Å². The van der Waals surface area contributed by atoms with Gasteiger partial charge in [-0.1, -0.05) is 38.2 Å². The van der Waals surface area contributed by atoms with Crippen LogP contribution in [0.3, 0.4) is 0 Å². The summed E-state index contributed by atoms with van der Waals surface area (Å²) in [6.45, 7) is 0.101. The van der Waals surface area contributed by atoms with Gasteiger partial charge in [0.2, 0.25) is 6.79 Å². The van der Waals surface area contributed by atoms with E-state index in [-0.39, 0.29) is 59.2 Å². The Bertz CT molecular complexity index is 1230. The molecule has 2 aliphatic rings. The first-order chi connectivity index (χ1) is 15.6. The standard InChI is InChI=1S/C24H22N2O5S.Na/c27-23(16-7-9-20-21(12-16)31-13-30-20)17(10-14-4-2-1-3-5-14)22(24(28)29)15-6-8-18-19(11-15)26-32-25-18;/h6-9,11-12,14H,1-5,10,13H2,(H,28,29);/q;+1/p-1/b22-17+;. The van der Waals surface area contributed by atoms with Gasteiger partial charge in [-0.2, -0.15) is 8.75 Å². The number of hydrogen-bond donors (Lipinski definition) is 0. The molecular weight excluding hydrogens is 451 g/mol. The molecule has 9 heteroatoms. The number of aromatic nitrogens is 2. The molecule has 3 aromatic rings. The first-order valence-corrected chi connectivity index (χ1v) is 11.4. The van der Waals surface area contributed by atoms with Crippen molar-refractivity contribution < 1.29 is 53.7 Å². The molecule has 2 aromatic carbocycles. The monoisotopic (exact) mass is 472 g/mol. The van der Waals surface area contributed by atoms with Crippen LogP contribution < -0.4 is 44.1 Å². The van der Waals surface area contributed by atoms with Crippen LogP contribution in [0, 0.1) is 5.92 Å². The zero-order valence-electron chi connectivity index (χ0n) is 18.3. The number of carbonyl (C=O) groups is 2. The third-order valence-corrected chi connectivity index (χ3v) is 6.73. The number of ether oxygens (including phenoxy) is 2. The van der Waals surface area contributed by atoms with Crippen LogP contribution in [0.15, 0.2) is 42.0 Å². The second-order valence-corrected chi connectivity index (χ2v) is 8.74. The Morgan fingerprint density at radius 1 is 0.939 bits per heavy atom. The number of ketones is 1. The number of carbonyl (C=O) groups excluding carboxylic acids is 2. The van der Waals surface area contributed by atoms with Crippen molar-refractivity contribution in [1.29, 1.82) is 0 Å². The molecule has 7 nitrogen and oxygen atoms in total. The summed E-state index contributed by atoms with van der Waals surface area (Å²) in [5.41, 5.74) is 2.25. The normalized spacial score (nSPS) is 16.2. The molecule has 1 aromatic heterocycles. The maximum Gasteiger partial charge on any atom is 1.00 e. The number of hydrogen-bond acceptors (Lipinski definition) is 8. The molecule has 1 aliphatic heterocycles. The third-order valence-electron chi connectivity index (χ3n) is 6.17. The van der Waals surface area contributed by atoms with Gasteiger partial charge in [0.05, 0.1) is 17.7 Å². The first-order valence-electron chi connectivity index (χ1n) is 10.7. The minimum atomic E-state index is -1.37. The Balaban J connectivity index is 0.00000259. The van der Waals surface area contributed by atoms with Gasteiger partial charge in [0.15, 0.2) is 17.3 Å². The summed E-state index contributed by atoms with van der Waals surface area (Å²) in [7, 11) is 0. The predicted octanol–water partition coefficient (Wildman–Crippen LogP) is 0.781. The molecule has 0 unspecified atom stereocenters. The molecule has 0 atom stereocenters. The zero-order chi connectivity index (χ0) is 22.1. The minimum Gasteiger partial charge on any atom is -0.545 e. The summed E-state index contributed by atoms with van der Waals surface area (Å²) >= 11 is 1.06. The number of rotatable bonds is 6. The van der Waals surface area contributed by atoms with E-state index in [1.54, 1.807) is 36.4 Å². The minimum absolute atomic E-state index is 0. The van der Waals surface area contributed by atoms with E-state index in [1.807, 2.05) is 0 Å². The molecule has 0 saturated heterocycles. The van der Waals surface area contributed by atoms with Crippen LogP contribution in [-0.2, 0) is 4.79 Å². The first kappa shape index (κ1) is 23.9. The van der Waals surface area contributed by atoms with E-state index in [2.05, 4.69) is 8.75 Å². The fourth-order valence-corrected chi connectivity index (χ4v) is 5.07. The van der Waals surface area contributed by atoms with Gasteiger partial charge in [0.25, 0.3) is 0 Å². The maximum atomic E-state index is 13.7. The van der Waals surface area contributed by atoms with Gasteiger partial charge in [-0.15, -0.1) is 0 Å². The van der Waals surface area contributed by atoms with Gasteiger partial charge < -0.3 is 19.4 Å². The van der Waals surface area contributed by atoms with E-state index in [0.717, 1.165) is 37.4 Å². The van der Waals surface area contributed by atoms with E-state index in [4.69, 9.17) is 9.47 Å². The predicted molar refractivity (Wildman–Crippen MR) is 117 cm³/mol. The topological polar surface area (TPSA) is 101 Å². The number of carboxylic acid groups (broad SMARTS) is 1. The van der Waals surface area contributed by atoms with Gasteiger partial charge in [-0.25, -0.2) is 0 Å². The van der Waals surface area contributed by atoms with Gasteiger partial charge >= 0.3 is 29.6 Å². The van der Waals surface area contributed by atoms with Crippen LogP contribution in [-0.4, -0.2) is 27.3 Å². The Morgan fingerprint density at radius 3 is 2.45 bits per heavy atom. The van der Waals surface area contributed by atoms with Crippen LogP contribution >= 0.6 is 11.7 Å². The van der Waals surface area contributed by atoms with Crippen LogP contribution in [0.4, 0.5) is 0 Å². The number of aliphatic carboxylic acids is 1. The average Bonchev–Trinajstić information content (AvgIpc) is 3.47. The van der Waals surface area contributed by atoms with Crippen LogP contribution in [0.1, 0.15) is 54.4 Å². The number of nitrogens with zero attached hydrogens (tertiary/aromatic N) is 2. The molecule has 0 N–H and O–H groups in total. The number of allylic oxidation sites excluding steroid dienone is 1. The fourth-order valence-electron chi connectivity index (χ4n) is 4.55. The van der Waals surface area contributed by atoms with Gasteiger partial charge in [0.1, 0.15) is 11.0 Å². The SMILES string of the molecule is O=C([O-])/C(=C(\CC1CCCCC1)C(=O)c1ccc2c(c1)OCO2)c1ccc2nsnc2c1.[Na+]. The van der Waals surface area contributed by atoms with E-state index < -0.39 is 5.97 Å². The van der Waals surface area contributed by atoms with Crippen molar-refractivity contribution in [2.24, 2.45) is 5.92 Å². The molecule has 1 saturated carbocycles. The molecule has 33 heavy (non-hydrogen) atoms. The number of Topliss-reactive ketones (excluding diaryl/α,β-unsaturated/α-hetero) is 1. The van der Waals surface area contributed by atoms with Crippen molar-refractivity contribution in [2.75, 3.05) is 6.79 Å². The zero-order valence-corrected chi connectivity index (χ0v) is 21.2. The summed E-state index contributed by atoms with van der Waals surface area (Å²) in [6.07, 6.45) is 5.71. The van der Waals surface area contributed by atoms with Gasteiger partial charge in [-0.05, 0) is 48.2 Å². The molecule has 2 heterocycles. The Kier molecular flexibility index (Phi) is 7.48. The molecular formula is C24H21N2NaO5S. The number of carboxylic acids is 1. The second kappa shape index (κ2) is 10.3. The Labute approximate surface area is 217 Å². The molecule has 0 bridgehead atoms. The smallest absolute Gasteiger partial charge is 0.545 e. The second-order valence-electron chi connectivity index (χ2n) is 8.21. The average molecular weight is 472 g/mol. The van der Waals surface area contributed by atoms with Crippen molar-refractivity contribution in [2.45, 2.75) is 38.5 Å². The van der Waals surface area contributed by atoms with Crippen molar-refractivity contribution in [3.63, 3.8) is 0 Å². The molecule has 5 rings (SSSR count). The van der Waals surface area contributed by atoms with Crippen LogP contribution in [0.5, 0.6) is 11.5 Å². The van der Waals surface area contributed by atoms with E-state index in [9.17, 15) is 14.7 Å². The molecule has 164 valence electrons. The number of fused-ring (bicyclic) bond motifs is 2. The van der Waals surface area contributed by atoms with Gasteiger partial charge in [0, 0.05) is 16.7 Å². The largest absolute Gasteiger partial charge is 1.00 e. The van der Waals surface area contributed by atoms with Crippen molar-refractivity contribution >= 4 is 40.1 Å². The van der Waals surface area contributed by atoms with Crippen molar-refractivity contribution in [1.82, 2.24) is 8.75 Å². The van der Waals surface area contributed by atoms with Gasteiger partial charge in [-0.3, -0.25) is 4.79 Å². The Hall–Kier alpha value is -2.26. The fraction of sp³-hybridized carbons (Fsp3) is 0.333. The molecule has 1 fully saturated rings. The maximum absolute atomic E-state index is 13.7. The summed E-state index contributed by atoms with van der Waals surface area (Å²) < 4.78 is 19.2.